The van der Waals surface area contributed by atoms with Crippen molar-refractivity contribution in [3.05, 3.63) is 78.0 Å². The monoisotopic (exact) mass is 389 g/mol. The highest BCUT2D eigenvalue weighted by Gasteiger charge is 2.42. The van der Waals surface area contributed by atoms with Crippen LogP contribution in [0.25, 0.3) is 5.57 Å². The van der Waals surface area contributed by atoms with Gasteiger partial charge in [0, 0.05) is 43.2 Å². The summed E-state index contributed by atoms with van der Waals surface area (Å²) in [6.45, 7) is 4.85. The first kappa shape index (κ1) is 19.8. The number of allylic oxidation sites excluding steroid dienone is 1. The molecular weight excluding hydrogens is 358 g/mol. The molecule has 2 aromatic carbocycles. The van der Waals surface area contributed by atoms with Crippen molar-refractivity contribution >= 4 is 11.8 Å². The van der Waals surface area contributed by atoms with Crippen LogP contribution in [0.15, 0.2) is 71.9 Å². The lowest BCUT2D eigenvalue weighted by Gasteiger charge is -2.45. The van der Waals surface area contributed by atoms with Crippen LogP contribution >= 0.6 is 0 Å². The predicted octanol–water partition coefficient (Wildman–Crippen LogP) is 2.57. The number of aliphatic imine (C=N–C) groups is 1. The number of benzene rings is 2. The molecule has 1 saturated heterocycles. The molecular formula is C24H31N5. The van der Waals surface area contributed by atoms with Crippen LogP contribution in [0, 0.1) is 0 Å². The van der Waals surface area contributed by atoms with Gasteiger partial charge in [-0.25, -0.2) is 0 Å². The lowest BCUT2D eigenvalue weighted by atomic mass is 9.88. The molecule has 0 bridgehead atoms. The molecule has 2 aliphatic heterocycles. The van der Waals surface area contributed by atoms with Gasteiger partial charge in [0.15, 0.2) is 5.66 Å². The zero-order valence-electron chi connectivity index (χ0n) is 16.9. The standard InChI is InChI=1S/C24H31N5/c25-13-7-8-15-29-16-14-26-23(19-29)24(22-11-5-2-6-12-22)27-17-21(18-28-24)20-9-3-1-4-10-20/h1-6,9-12,17-18,23,26-27H,7-8,13-16,19,25H2. The Kier molecular flexibility index (Phi) is 6.39. The van der Waals surface area contributed by atoms with Gasteiger partial charge >= 0.3 is 0 Å². The minimum atomic E-state index is -0.508. The van der Waals surface area contributed by atoms with Crippen LogP contribution in [-0.4, -0.2) is 49.9 Å². The first-order valence-corrected chi connectivity index (χ1v) is 10.6. The van der Waals surface area contributed by atoms with Crippen molar-refractivity contribution in [1.82, 2.24) is 15.5 Å². The maximum absolute atomic E-state index is 5.68. The number of hydrogen-bond acceptors (Lipinski definition) is 5. The van der Waals surface area contributed by atoms with Crippen LogP contribution in [0.2, 0.25) is 0 Å². The van der Waals surface area contributed by atoms with E-state index in [0.29, 0.717) is 0 Å². The summed E-state index contributed by atoms with van der Waals surface area (Å²) in [5.74, 6) is 0. The predicted molar refractivity (Wildman–Crippen MR) is 121 cm³/mol. The molecule has 4 rings (SSSR count). The summed E-state index contributed by atoms with van der Waals surface area (Å²) >= 11 is 0. The molecule has 2 aliphatic rings. The Morgan fingerprint density at radius 1 is 1.03 bits per heavy atom. The van der Waals surface area contributed by atoms with Gasteiger partial charge in [-0.3, -0.25) is 4.99 Å². The summed E-state index contributed by atoms with van der Waals surface area (Å²) in [4.78, 5) is 7.67. The van der Waals surface area contributed by atoms with E-state index in [1.165, 1.54) is 11.1 Å². The Balaban J connectivity index is 1.59. The van der Waals surface area contributed by atoms with E-state index >= 15 is 0 Å². The number of unbranched alkanes of at least 4 members (excludes halogenated alkanes) is 1. The van der Waals surface area contributed by atoms with Crippen molar-refractivity contribution in [2.24, 2.45) is 10.7 Å². The summed E-state index contributed by atoms with van der Waals surface area (Å²) in [6, 6.07) is 21.2. The smallest absolute Gasteiger partial charge is 0.171 e. The van der Waals surface area contributed by atoms with Gasteiger partial charge in [-0.15, -0.1) is 0 Å². The highest BCUT2D eigenvalue weighted by atomic mass is 15.3. The minimum absolute atomic E-state index is 0.182. The summed E-state index contributed by atoms with van der Waals surface area (Å²) in [5, 5.41) is 7.42. The van der Waals surface area contributed by atoms with Gasteiger partial charge in [0.05, 0.1) is 6.04 Å². The summed E-state index contributed by atoms with van der Waals surface area (Å²) in [6.07, 6.45) is 6.37. The maximum atomic E-state index is 5.68. The van der Waals surface area contributed by atoms with E-state index in [9.17, 15) is 0 Å². The van der Waals surface area contributed by atoms with Crippen molar-refractivity contribution in [3.63, 3.8) is 0 Å². The second kappa shape index (κ2) is 9.35. The molecule has 0 saturated carbocycles. The van der Waals surface area contributed by atoms with Gasteiger partial charge in [-0.2, -0.15) is 0 Å². The average molecular weight is 390 g/mol. The third kappa shape index (κ3) is 4.42. The highest BCUT2D eigenvalue weighted by Crippen LogP contribution is 2.32. The molecule has 29 heavy (non-hydrogen) atoms. The van der Waals surface area contributed by atoms with E-state index in [1.807, 2.05) is 12.3 Å². The molecule has 152 valence electrons. The van der Waals surface area contributed by atoms with Gasteiger partial charge in [-0.1, -0.05) is 60.7 Å². The zero-order valence-corrected chi connectivity index (χ0v) is 16.9. The second-order valence-corrected chi connectivity index (χ2v) is 7.80. The first-order chi connectivity index (χ1) is 14.3. The van der Waals surface area contributed by atoms with Gasteiger partial charge in [0.2, 0.25) is 0 Å². The summed E-state index contributed by atoms with van der Waals surface area (Å²) in [7, 11) is 0. The largest absolute Gasteiger partial charge is 0.362 e. The Morgan fingerprint density at radius 2 is 1.79 bits per heavy atom. The van der Waals surface area contributed by atoms with Crippen LogP contribution in [0.1, 0.15) is 24.0 Å². The Morgan fingerprint density at radius 3 is 2.48 bits per heavy atom. The van der Waals surface area contributed by atoms with Crippen LogP contribution in [0.3, 0.4) is 0 Å². The number of nitrogens with zero attached hydrogens (tertiary/aromatic N) is 2. The van der Waals surface area contributed by atoms with Crippen LogP contribution < -0.4 is 16.4 Å². The fourth-order valence-corrected chi connectivity index (χ4v) is 4.24. The molecule has 2 aromatic rings. The summed E-state index contributed by atoms with van der Waals surface area (Å²) < 4.78 is 0. The average Bonchev–Trinajstić information content (AvgIpc) is 2.81. The molecule has 5 nitrogen and oxygen atoms in total. The van der Waals surface area contributed by atoms with E-state index in [0.717, 1.165) is 51.1 Å². The quantitative estimate of drug-likeness (QED) is 0.637. The van der Waals surface area contributed by atoms with E-state index < -0.39 is 5.66 Å². The van der Waals surface area contributed by atoms with Crippen LogP contribution in [0.5, 0.6) is 0 Å². The van der Waals surface area contributed by atoms with Crippen molar-refractivity contribution < 1.29 is 0 Å². The molecule has 2 unspecified atom stereocenters. The normalized spacial score (nSPS) is 24.7. The molecule has 0 radical (unpaired) electrons. The van der Waals surface area contributed by atoms with Crippen molar-refractivity contribution in [2.45, 2.75) is 24.5 Å². The molecule has 0 amide bonds. The lowest BCUT2D eigenvalue weighted by molar-refractivity contribution is 0.137. The molecule has 2 heterocycles. The van der Waals surface area contributed by atoms with Crippen LogP contribution in [0.4, 0.5) is 0 Å². The van der Waals surface area contributed by atoms with E-state index in [-0.39, 0.29) is 6.04 Å². The lowest BCUT2D eigenvalue weighted by Crippen LogP contribution is -2.63. The number of piperazine rings is 1. The molecule has 0 spiro atoms. The fraction of sp³-hybridized carbons (Fsp3) is 0.375. The van der Waals surface area contributed by atoms with E-state index in [1.54, 1.807) is 0 Å². The topological polar surface area (TPSA) is 65.7 Å². The SMILES string of the molecule is NCCCCN1CCNC(C2(c3ccccc3)N=CC(c3ccccc3)=CN2)C1. The third-order valence-electron chi connectivity index (χ3n) is 5.87. The zero-order chi connectivity index (χ0) is 19.9. The van der Waals surface area contributed by atoms with Gasteiger partial charge < -0.3 is 21.3 Å². The first-order valence-electron chi connectivity index (χ1n) is 10.6. The number of rotatable bonds is 7. The molecule has 4 N–H and O–H groups in total. The van der Waals surface area contributed by atoms with Crippen molar-refractivity contribution in [2.75, 3.05) is 32.7 Å². The van der Waals surface area contributed by atoms with Crippen LogP contribution in [-0.2, 0) is 5.66 Å². The molecule has 1 fully saturated rings. The molecule has 0 aliphatic carbocycles. The molecule has 5 heteroatoms. The van der Waals surface area contributed by atoms with Crippen molar-refractivity contribution in [3.8, 4) is 0 Å². The fourth-order valence-electron chi connectivity index (χ4n) is 4.24. The van der Waals surface area contributed by atoms with Gasteiger partial charge in [0.1, 0.15) is 0 Å². The number of nitrogens with one attached hydrogen (secondary N) is 2. The second-order valence-electron chi connectivity index (χ2n) is 7.80. The van der Waals surface area contributed by atoms with Gasteiger partial charge in [-0.05, 0) is 31.5 Å². The van der Waals surface area contributed by atoms with E-state index in [2.05, 4.69) is 76.3 Å². The number of nitrogens with two attached hydrogens (primary N) is 1. The van der Waals surface area contributed by atoms with E-state index in [4.69, 9.17) is 10.7 Å². The molecule has 0 aromatic heterocycles. The van der Waals surface area contributed by atoms with Crippen molar-refractivity contribution in [1.29, 1.82) is 0 Å². The Bertz CT molecular complexity index is 833. The molecule has 2 atom stereocenters. The minimum Gasteiger partial charge on any atom is -0.362 e. The Hall–Kier alpha value is -2.47. The highest BCUT2D eigenvalue weighted by molar-refractivity contribution is 6.10. The summed E-state index contributed by atoms with van der Waals surface area (Å²) in [5.41, 5.74) is 8.63. The van der Waals surface area contributed by atoms with Gasteiger partial charge in [0.25, 0.3) is 0 Å². The maximum Gasteiger partial charge on any atom is 0.171 e. The Labute approximate surface area is 173 Å². The third-order valence-corrected chi connectivity index (χ3v) is 5.87. The number of hydrogen-bond donors (Lipinski definition) is 3.